The van der Waals surface area contributed by atoms with Crippen molar-refractivity contribution in [1.29, 1.82) is 0 Å². The van der Waals surface area contributed by atoms with Crippen molar-refractivity contribution in [3.63, 3.8) is 0 Å². The quantitative estimate of drug-likeness (QED) is 0.890. The molecule has 5 heteroatoms. The Balaban J connectivity index is 1.97. The molecule has 0 aromatic heterocycles. The van der Waals surface area contributed by atoms with Gasteiger partial charge in [-0.25, -0.2) is 4.39 Å². The molecular formula is C18H20FNO3. The Morgan fingerprint density at radius 1 is 1.22 bits per heavy atom. The number of hydrogen-bond donors (Lipinski definition) is 1. The monoisotopic (exact) mass is 317 g/mol. The highest BCUT2D eigenvalue weighted by Gasteiger charge is 2.20. The summed E-state index contributed by atoms with van der Waals surface area (Å²) in [5, 5.41) is 9.66. The molecule has 2 rings (SSSR count). The molecule has 2 aromatic rings. The molecule has 0 radical (unpaired) electrons. The first kappa shape index (κ1) is 16.8. The highest BCUT2D eigenvalue weighted by atomic mass is 19.1. The molecule has 0 aliphatic rings. The van der Waals surface area contributed by atoms with E-state index in [9.17, 15) is 14.3 Å². The number of aromatic hydroxyl groups is 1. The molecule has 0 spiro atoms. The number of hydrogen-bond acceptors (Lipinski definition) is 3. The number of nitrogens with zero attached hydrogens (tertiary/aromatic N) is 1. The first-order valence-corrected chi connectivity index (χ1v) is 7.48. The number of carbonyl (C=O) groups is 1. The minimum Gasteiger partial charge on any atom is -0.507 e. The molecule has 0 bridgehead atoms. The number of phenols is 1. The lowest BCUT2D eigenvalue weighted by Crippen LogP contribution is -2.31. The lowest BCUT2D eigenvalue weighted by molar-refractivity contribution is 0.0765. The number of carbonyl (C=O) groups excluding carboxylic acids is 1. The number of ether oxygens (including phenoxy) is 1. The van der Waals surface area contributed by atoms with Crippen LogP contribution in [0.15, 0.2) is 42.5 Å². The number of aryl methyl sites for hydroxylation is 1. The molecule has 0 saturated heterocycles. The molecule has 122 valence electrons. The molecule has 0 aliphatic carbocycles. The van der Waals surface area contributed by atoms with Crippen LogP contribution in [0.4, 0.5) is 4.39 Å². The van der Waals surface area contributed by atoms with Crippen LogP contribution in [0.2, 0.25) is 0 Å². The number of halogens is 1. The first-order chi connectivity index (χ1) is 11.0. The van der Waals surface area contributed by atoms with Gasteiger partial charge in [-0.2, -0.15) is 0 Å². The van der Waals surface area contributed by atoms with Crippen molar-refractivity contribution in [2.75, 3.05) is 20.2 Å². The van der Waals surface area contributed by atoms with Crippen molar-refractivity contribution in [1.82, 2.24) is 4.90 Å². The lowest BCUT2D eigenvalue weighted by atomic mass is 10.1. The number of likely N-dealkylation sites (N-methyl/N-ethyl adjacent to an activating group) is 1. The average Bonchev–Trinajstić information content (AvgIpc) is 2.54. The fourth-order valence-electron chi connectivity index (χ4n) is 2.25. The normalized spacial score (nSPS) is 10.4. The summed E-state index contributed by atoms with van der Waals surface area (Å²) in [4.78, 5) is 13.5. The van der Waals surface area contributed by atoms with Crippen LogP contribution in [0.3, 0.4) is 0 Å². The molecule has 1 amide bonds. The fraction of sp³-hybridized carbons (Fsp3) is 0.278. The molecule has 0 aliphatic heterocycles. The second kappa shape index (κ2) is 7.63. The zero-order valence-electron chi connectivity index (χ0n) is 13.3. The van der Waals surface area contributed by atoms with E-state index in [2.05, 4.69) is 0 Å². The summed E-state index contributed by atoms with van der Waals surface area (Å²) >= 11 is 0. The van der Waals surface area contributed by atoms with Gasteiger partial charge < -0.3 is 14.7 Å². The Bertz CT molecular complexity index is 667. The Morgan fingerprint density at radius 3 is 2.65 bits per heavy atom. The SMILES string of the molecule is CCc1ccccc1OCCN(C)C(=O)c1c(O)cccc1F. The van der Waals surface area contributed by atoms with E-state index >= 15 is 0 Å². The second-order valence-corrected chi connectivity index (χ2v) is 5.17. The van der Waals surface area contributed by atoms with E-state index in [0.717, 1.165) is 23.8 Å². The summed E-state index contributed by atoms with van der Waals surface area (Å²) in [6.07, 6.45) is 0.855. The standard InChI is InChI=1S/C18H20FNO3/c1-3-13-7-4-5-10-16(13)23-12-11-20(2)18(22)17-14(19)8-6-9-15(17)21/h4-10,21H,3,11-12H2,1-2H3. The molecular weight excluding hydrogens is 297 g/mol. The number of para-hydroxylation sites is 1. The summed E-state index contributed by atoms with van der Waals surface area (Å²) in [7, 11) is 1.54. The highest BCUT2D eigenvalue weighted by Crippen LogP contribution is 2.21. The largest absolute Gasteiger partial charge is 0.507 e. The van der Waals surface area contributed by atoms with Crippen LogP contribution in [-0.4, -0.2) is 36.1 Å². The van der Waals surface area contributed by atoms with Gasteiger partial charge in [0.25, 0.3) is 5.91 Å². The Labute approximate surface area is 135 Å². The van der Waals surface area contributed by atoms with Crippen LogP contribution in [0.25, 0.3) is 0 Å². The first-order valence-electron chi connectivity index (χ1n) is 7.48. The number of benzene rings is 2. The summed E-state index contributed by atoms with van der Waals surface area (Å²) in [6, 6.07) is 11.5. The zero-order valence-corrected chi connectivity index (χ0v) is 13.3. The van der Waals surface area contributed by atoms with Crippen molar-refractivity contribution in [3.05, 3.63) is 59.4 Å². The smallest absolute Gasteiger partial charge is 0.260 e. The van der Waals surface area contributed by atoms with E-state index in [1.807, 2.05) is 31.2 Å². The van der Waals surface area contributed by atoms with Crippen LogP contribution in [0, 0.1) is 5.82 Å². The van der Waals surface area contributed by atoms with Crippen LogP contribution < -0.4 is 4.74 Å². The van der Waals surface area contributed by atoms with Gasteiger partial charge in [-0.3, -0.25) is 4.79 Å². The van der Waals surface area contributed by atoms with Crippen molar-refractivity contribution < 1.29 is 19.0 Å². The molecule has 1 N–H and O–H groups in total. The van der Waals surface area contributed by atoms with E-state index in [1.54, 1.807) is 7.05 Å². The van der Waals surface area contributed by atoms with Crippen LogP contribution >= 0.6 is 0 Å². The molecule has 4 nitrogen and oxygen atoms in total. The van der Waals surface area contributed by atoms with Gasteiger partial charge >= 0.3 is 0 Å². The third-order valence-electron chi connectivity index (χ3n) is 3.59. The van der Waals surface area contributed by atoms with E-state index in [4.69, 9.17) is 4.74 Å². The van der Waals surface area contributed by atoms with E-state index in [1.165, 1.54) is 17.0 Å². The zero-order chi connectivity index (χ0) is 16.8. The number of amides is 1. The Kier molecular flexibility index (Phi) is 5.57. The number of rotatable bonds is 6. The van der Waals surface area contributed by atoms with Gasteiger partial charge in [0.2, 0.25) is 0 Å². The van der Waals surface area contributed by atoms with Crippen LogP contribution in [-0.2, 0) is 6.42 Å². The molecule has 0 atom stereocenters. The molecule has 0 heterocycles. The fourth-order valence-corrected chi connectivity index (χ4v) is 2.25. The van der Waals surface area contributed by atoms with Crippen molar-refractivity contribution in [3.8, 4) is 11.5 Å². The van der Waals surface area contributed by atoms with Gasteiger partial charge in [-0.1, -0.05) is 31.2 Å². The summed E-state index contributed by atoms with van der Waals surface area (Å²) in [6.45, 7) is 2.61. The second-order valence-electron chi connectivity index (χ2n) is 5.17. The minimum absolute atomic E-state index is 0.282. The van der Waals surface area contributed by atoms with Gasteiger partial charge in [0, 0.05) is 7.05 Å². The summed E-state index contributed by atoms with van der Waals surface area (Å²) < 4.78 is 19.4. The maximum atomic E-state index is 13.7. The van der Waals surface area contributed by atoms with E-state index < -0.39 is 11.7 Å². The van der Waals surface area contributed by atoms with Crippen LogP contribution in [0.1, 0.15) is 22.8 Å². The molecule has 2 aromatic carbocycles. The summed E-state index contributed by atoms with van der Waals surface area (Å²) in [5.41, 5.74) is 0.775. The van der Waals surface area contributed by atoms with Gasteiger partial charge in [-0.15, -0.1) is 0 Å². The Morgan fingerprint density at radius 2 is 1.96 bits per heavy atom. The van der Waals surface area contributed by atoms with Crippen molar-refractivity contribution >= 4 is 5.91 Å². The number of phenolic OH excluding ortho intramolecular Hbond substituents is 1. The third-order valence-corrected chi connectivity index (χ3v) is 3.59. The molecule has 0 unspecified atom stereocenters. The Hall–Kier alpha value is -2.56. The topological polar surface area (TPSA) is 49.8 Å². The van der Waals surface area contributed by atoms with Gasteiger partial charge in [0.15, 0.2) is 0 Å². The van der Waals surface area contributed by atoms with Gasteiger partial charge in [-0.05, 0) is 30.2 Å². The third kappa shape index (κ3) is 4.00. The lowest BCUT2D eigenvalue weighted by Gasteiger charge is -2.19. The molecule has 0 saturated carbocycles. The van der Waals surface area contributed by atoms with E-state index in [-0.39, 0.29) is 24.5 Å². The van der Waals surface area contributed by atoms with Gasteiger partial charge in [0.1, 0.15) is 29.5 Å². The summed E-state index contributed by atoms with van der Waals surface area (Å²) in [5.74, 6) is -0.893. The van der Waals surface area contributed by atoms with Gasteiger partial charge in [0.05, 0.1) is 6.54 Å². The minimum atomic E-state index is -0.737. The van der Waals surface area contributed by atoms with E-state index in [0.29, 0.717) is 0 Å². The van der Waals surface area contributed by atoms with Crippen LogP contribution in [0.5, 0.6) is 11.5 Å². The molecule has 23 heavy (non-hydrogen) atoms. The maximum Gasteiger partial charge on any atom is 0.260 e. The maximum absolute atomic E-state index is 13.7. The predicted octanol–water partition coefficient (Wildman–Crippen LogP) is 3.24. The van der Waals surface area contributed by atoms with Crippen molar-refractivity contribution in [2.45, 2.75) is 13.3 Å². The molecule has 0 fully saturated rings. The predicted molar refractivity (Wildman–Crippen MR) is 86.3 cm³/mol. The highest BCUT2D eigenvalue weighted by molar-refractivity contribution is 5.96. The average molecular weight is 317 g/mol. The van der Waals surface area contributed by atoms with Crippen molar-refractivity contribution in [2.24, 2.45) is 0 Å².